The number of thiophene rings is 1. The molecule has 70 valence electrons. The fourth-order valence-electron chi connectivity index (χ4n) is 1.67. The van der Waals surface area contributed by atoms with Gasteiger partial charge in [0.05, 0.1) is 0 Å². The van der Waals surface area contributed by atoms with Crippen molar-refractivity contribution >= 4 is 49.1 Å². The van der Waals surface area contributed by atoms with Gasteiger partial charge in [0.1, 0.15) is 0 Å². The van der Waals surface area contributed by atoms with Crippen molar-refractivity contribution in [2.45, 2.75) is 0 Å². The van der Waals surface area contributed by atoms with E-state index in [0.29, 0.717) is 0 Å². The number of hydrogen-bond acceptors (Lipinski definition) is 1. The summed E-state index contributed by atoms with van der Waals surface area (Å²) in [7, 11) is 0. The van der Waals surface area contributed by atoms with E-state index in [4.69, 9.17) is 0 Å². The van der Waals surface area contributed by atoms with E-state index in [0.717, 1.165) is 0 Å². The topological polar surface area (TPSA) is 0 Å². The Balaban J connectivity index is 0.000000750. The summed E-state index contributed by atoms with van der Waals surface area (Å²) >= 11 is 1.86. The van der Waals surface area contributed by atoms with E-state index in [9.17, 15) is 0 Å². The number of hydrogen-bond donors (Lipinski definition) is 0. The van der Waals surface area contributed by atoms with E-state index in [2.05, 4.69) is 48.5 Å². The van der Waals surface area contributed by atoms with Gasteiger partial charge in [-0.05, 0) is 12.1 Å². The molecule has 0 aliphatic rings. The molecule has 0 saturated heterocycles. The molecule has 2 heteroatoms. The van der Waals surface area contributed by atoms with Crippen LogP contribution < -0.4 is 0 Å². The maximum Gasteiger partial charge on any atom is 0.0355 e. The molecule has 14 heavy (non-hydrogen) atoms. The molecule has 0 spiro atoms. The van der Waals surface area contributed by atoms with E-state index < -0.39 is 0 Å². The molecule has 0 saturated carbocycles. The van der Waals surface area contributed by atoms with E-state index >= 15 is 0 Å². The third kappa shape index (κ3) is 1.37. The Morgan fingerprint density at radius 3 is 1.57 bits per heavy atom. The second kappa shape index (κ2) is 3.75. The van der Waals surface area contributed by atoms with Crippen molar-refractivity contribution in [2.75, 3.05) is 0 Å². The van der Waals surface area contributed by atoms with Crippen LogP contribution in [0.5, 0.6) is 0 Å². The summed E-state index contributed by atoms with van der Waals surface area (Å²) in [5.41, 5.74) is 0. The molecule has 2 aromatic carbocycles. The average molecular weight is 261 g/mol. The molecule has 0 unspecified atom stereocenters. The summed E-state index contributed by atoms with van der Waals surface area (Å²) in [6.07, 6.45) is 0. The van der Waals surface area contributed by atoms with E-state index in [1.54, 1.807) is 0 Å². The molecule has 1 heterocycles. The molecule has 0 fully saturated rings. The van der Waals surface area contributed by atoms with Crippen molar-refractivity contribution in [1.29, 1.82) is 0 Å². The van der Waals surface area contributed by atoms with Crippen LogP contribution in [0, 0.1) is 0 Å². The molecule has 0 radical (unpaired) electrons. The van der Waals surface area contributed by atoms with Gasteiger partial charge < -0.3 is 0 Å². The third-order valence-corrected chi connectivity index (χ3v) is 3.44. The summed E-state index contributed by atoms with van der Waals surface area (Å²) in [6, 6.07) is 17.1. The minimum absolute atomic E-state index is 0. The summed E-state index contributed by atoms with van der Waals surface area (Å²) in [6.45, 7) is 0. The van der Waals surface area contributed by atoms with Gasteiger partial charge in [0.2, 0.25) is 0 Å². The van der Waals surface area contributed by atoms with Crippen LogP contribution in [0.25, 0.3) is 20.2 Å². The van der Waals surface area contributed by atoms with Crippen LogP contribution in [0.2, 0.25) is 0 Å². The van der Waals surface area contributed by atoms with Crippen LogP contribution in [0.1, 0.15) is 0 Å². The minimum Gasteiger partial charge on any atom is -0.135 e. The maximum atomic E-state index is 2.19. The quantitative estimate of drug-likeness (QED) is 0.545. The third-order valence-electron chi connectivity index (χ3n) is 2.28. The van der Waals surface area contributed by atoms with Gasteiger partial charge in [-0.25, -0.2) is 0 Å². The van der Waals surface area contributed by atoms with Crippen molar-refractivity contribution in [2.24, 2.45) is 0 Å². The Bertz CT molecular complexity index is 518. The van der Waals surface area contributed by atoms with Gasteiger partial charge in [-0.15, -0.1) is 11.3 Å². The van der Waals surface area contributed by atoms with E-state index in [-0.39, 0.29) is 17.6 Å². The SMILES string of the molecule is [GeH4].c1ccc2c(c1)sc1ccccc12. The molecule has 0 aliphatic heterocycles. The monoisotopic (exact) mass is 262 g/mol. The summed E-state index contributed by atoms with van der Waals surface area (Å²) < 4.78 is 2.76. The molecule has 1 aromatic heterocycles. The van der Waals surface area contributed by atoms with Crippen LogP contribution in [0.15, 0.2) is 48.5 Å². The Morgan fingerprint density at radius 2 is 1.07 bits per heavy atom. The standard InChI is InChI=1S/C12H8S.GeH4/c1-3-7-11-9(5-1)10-6-2-4-8-12(10)13-11;/h1-8H;1H4. The van der Waals surface area contributed by atoms with Crippen LogP contribution in [0.3, 0.4) is 0 Å². The zero-order chi connectivity index (χ0) is 8.67. The van der Waals surface area contributed by atoms with Crippen molar-refractivity contribution < 1.29 is 0 Å². The second-order valence-electron chi connectivity index (χ2n) is 3.09. The van der Waals surface area contributed by atoms with Crippen molar-refractivity contribution in [3.63, 3.8) is 0 Å². The Labute approximate surface area is 97.5 Å². The van der Waals surface area contributed by atoms with Crippen molar-refractivity contribution in [1.82, 2.24) is 0 Å². The average Bonchev–Trinajstić information content (AvgIpc) is 2.56. The molecule has 0 N–H and O–H groups in total. The summed E-state index contributed by atoms with van der Waals surface area (Å²) in [4.78, 5) is 0. The van der Waals surface area contributed by atoms with Crippen LogP contribution >= 0.6 is 11.3 Å². The van der Waals surface area contributed by atoms with E-state index in [1.165, 1.54) is 20.2 Å². The zero-order valence-electron chi connectivity index (χ0n) is 7.03. The number of benzene rings is 2. The fourth-order valence-corrected chi connectivity index (χ4v) is 2.78. The van der Waals surface area contributed by atoms with Gasteiger partial charge in [0, 0.05) is 20.2 Å². The van der Waals surface area contributed by atoms with Crippen LogP contribution in [-0.4, -0.2) is 17.6 Å². The smallest absolute Gasteiger partial charge is 0.0355 e. The first-order valence-electron chi connectivity index (χ1n) is 4.31. The molecule has 0 nitrogen and oxygen atoms in total. The van der Waals surface area contributed by atoms with Gasteiger partial charge in [0.15, 0.2) is 0 Å². The predicted octanol–water partition coefficient (Wildman–Crippen LogP) is 2.60. The van der Waals surface area contributed by atoms with Gasteiger partial charge >= 0.3 is 17.6 Å². The van der Waals surface area contributed by atoms with Gasteiger partial charge in [0.25, 0.3) is 0 Å². The maximum absolute atomic E-state index is 2.19. The molecule has 0 aliphatic carbocycles. The zero-order valence-corrected chi connectivity index (χ0v) is 7.84. The van der Waals surface area contributed by atoms with Crippen molar-refractivity contribution in [3.8, 4) is 0 Å². The number of fused-ring (bicyclic) bond motifs is 3. The van der Waals surface area contributed by atoms with Gasteiger partial charge in [-0.1, -0.05) is 36.4 Å². The Hall–Kier alpha value is -0.797. The normalized spacial score (nSPS) is 10.3. The van der Waals surface area contributed by atoms with Gasteiger partial charge in [-0.3, -0.25) is 0 Å². The first kappa shape index (κ1) is 9.75. The predicted molar refractivity (Wildman–Crippen MR) is 70.7 cm³/mol. The van der Waals surface area contributed by atoms with Crippen LogP contribution in [-0.2, 0) is 0 Å². The molecule has 0 amide bonds. The minimum atomic E-state index is 0. The summed E-state index contributed by atoms with van der Waals surface area (Å²) in [5.74, 6) is 0. The summed E-state index contributed by atoms with van der Waals surface area (Å²) in [5, 5.41) is 2.76. The number of rotatable bonds is 0. The molecule has 3 aromatic rings. The van der Waals surface area contributed by atoms with E-state index in [1.807, 2.05) is 11.3 Å². The first-order valence-corrected chi connectivity index (χ1v) is 5.13. The fraction of sp³-hybridized carbons (Fsp3) is 0. The van der Waals surface area contributed by atoms with Crippen LogP contribution in [0.4, 0.5) is 0 Å². The van der Waals surface area contributed by atoms with Crippen molar-refractivity contribution in [3.05, 3.63) is 48.5 Å². The molecular formula is C12H12GeS. The first-order chi connectivity index (χ1) is 6.45. The second-order valence-corrected chi connectivity index (χ2v) is 4.18. The van der Waals surface area contributed by atoms with Gasteiger partial charge in [-0.2, -0.15) is 0 Å². The Kier molecular flexibility index (Phi) is 2.61. The largest absolute Gasteiger partial charge is 0.135 e. The molecule has 3 rings (SSSR count). The molecular weight excluding hydrogens is 249 g/mol. The Morgan fingerprint density at radius 1 is 0.643 bits per heavy atom. The molecule has 0 bridgehead atoms. The molecule has 0 atom stereocenters.